The maximum atomic E-state index is 12.1. The van der Waals surface area contributed by atoms with Gasteiger partial charge in [-0.3, -0.25) is 4.79 Å². The van der Waals surface area contributed by atoms with Gasteiger partial charge in [-0.15, -0.1) is 0 Å². The maximum Gasteiger partial charge on any atom is 0.390 e. The van der Waals surface area contributed by atoms with Crippen molar-refractivity contribution in [2.24, 2.45) is 0 Å². The first-order chi connectivity index (χ1) is 7.81. The van der Waals surface area contributed by atoms with Crippen LogP contribution >= 0.6 is 0 Å². The largest absolute Gasteiger partial charge is 0.390 e. The number of hydrogen-bond donors (Lipinski definition) is 1. The molecule has 1 unspecified atom stereocenters. The highest BCUT2D eigenvalue weighted by atomic mass is 19.4. The number of rotatable bonds is 4. The van der Waals surface area contributed by atoms with Gasteiger partial charge >= 0.3 is 6.18 Å². The molecule has 1 amide bonds. The number of halogens is 3. The normalized spacial score (nSPS) is 25.0. The summed E-state index contributed by atoms with van der Waals surface area (Å²) in [5.74, 6) is -0.221. The molecular weight excluding hydrogens is 233 g/mol. The van der Waals surface area contributed by atoms with Crippen molar-refractivity contribution >= 4 is 5.91 Å². The van der Waals surface area contributed by atoms with Crippen LogP contribution in [0.25, 0.3) is 0 Å². The molecule has 0 aromatic heterocycles. The van der Waals surface area contributed by atoms with Gasteiger partial charge in [0.15, 0.2) is 0 Å². The van der Waals surface area contributed by atoms with E-state index in [9.17, 15) is 18.0 Å². The first kappa shape index (κ1) is 14.3. The van der Waals surface area contributed by atoms with E-state index < -0.39 is 18.1 Å². The highest BCUT2D eigenvalue weighted by Crippen LogP contribution is 2.26. The first-order valence-corrected chi connectivity index (χ1v) is 5.88. The molecule has 1 rings (SSSR count). The highest BCUT2D eigenvalue weighted by Gasteiger charge is 2.41. The number of nitrogens with zero attached hydrogens (tertiary/aromatic N) is 1. The number of carbonyl (C=O) groups excluding carboxylic acids is 1. The summed E-state index contributed by atoms with van der Waals surface area (Å²) in [4.78, 5) is 13.3. The van der Waals surface area contributed by atoms with Crippen molar-refractivity contribution in [2.75, 3.05) is 20.1 Å². The van der Waals surface area contributed by atoms with Gasteiger partial charge in [-0.2, -0.15) is 13.2 Å². The van der Waals surface area contributed by atoms with Crippen LogP contribution in [0.15, 0.2) is 0 Å². The average Bonchev–Trinajstić information content (AvgIpc) is 2.73. The zero-order valence-electron chi connectivity index (χ0n) is 10.2. The van der Waals surface area contributed by atoms with Gasteiger partial charge in [0.2, 0.25) is 5.91 Å². The van der Waals surface area contributed by atoms with Gasteiger partial charge in [0.1, 0.15) is 0 Å². The van der Waals surface area contributed by atoms with Crippen molar-refractivity contribution in [1.82, 2.24) is 10.2 Å². The Balaban J connectivity index is 2.56. The van der Waals surface area contributed by atoms with Crippen molar-refractivity contribution in [3.63, 3.8) is 0 Å². The topological polar surface area (TPSA) is 32.3 Å². The molecule has 1 aliphatic rings. The molecule has 3 nitrogen and oxygen atoms in total. The van der Waals surface area contributed by atoms with Crippen LogP contribution in [0.1, 0.15) is 32.6 Å². The van der Waals surface area contributed by atoms with E-state index in [1.165, 1.54) is 11.9 Å². The second-order valence-corrected chi connectivity index (χ2v) is 4.56. The smallest absolute Gasteiger partial charge is 0.344 e. The lowest BCUT2D eigenvalue weighted by Crippen LogP contribution is -2.53. The number of nitrogens with one attached hydrogen (secondary N) is 1. The molecule has 0 aliphatic carbocycles. The quantitative estimate of drug-likeness (QED) is 0.829. The van der Waals surface area contributed by atoms with Crippen LogP contribution in [0.3, 0.4) is 0 Å². The van der Waals surface area contributed by atoms with Crippen molar-refractivity contribution in [3.8, 4) is 0 Å². The average molecular weight is 252 g/mol. The van der Waals surface area contributed by atoms with Crippen LogP contribution < -0.4 is 5.32 Å². The minimum Gasteiger partial charge on any atom is -0.344 e. The van der Waals surface area contributed by atoms with Crippen molar-refractivity contribution in [1.29, 1.82) is 0 Å². The Morgan fingerprint density at radius 2 is 2.12 bits per heavy atom. The monoisotopic (exact) mass is 252 g/mol. The van der Waals surface area contributed by atoms with Crippen LogP contribution in [0.4, 0.5) is 13.2 Å². The minimum absolute atomic E-state index is 0.221. The second-order valence-electron chi connectivity index (χ2n) is 4.56. The van der Waals surface area contributed by atoms with Crippen LogP contribution in [0, 0.1) is 0 Å². The number of likely N-dealkylation sites (N-methyl/N-ethyl adjacent to an activating group) is 1. The van der Waals surface area contributed by atoms with Gasteiger partial charge < -0.3 is 10.2 Å². The van der Waals surface area contributed by atoms with E-state index in [-0.39, 0.29) is 12.5 Å². The van der Waals surface area contributed by atoms with Gasteiger partial charge in [0.05, 0.1) is 12.0 Å². The minimum atomic E-state index is -4.21. The fraction of sp³-hybridized carbons (Fsp3) is 0.909. The van der Waals surface area contributed by atoms with Crippen LogP contribution in [-0.4, -0.2) is 42.7 Å². The van der Waals surface area contributed by atoms with E-state index in [0.29, 0.717) is 12.8 Å². The molecule has 1 saturated heterocycles. The van der Waals surface area contributed by atoms with Crippen LogP contribution in [0.5, 0.6) is 0 Å². The SMILES string of the molecule is CCC1(C(=O)N(C)CCC(F)(F)F)CCCN1. The summed E-state index contributed by atoms with van der Waals surface area (Å²) in [6.45, 7) is 2.37. The highest BCUT2D eigenvalue weighted by molar-refractivity contribution is 5.86. The molecule has 6 heteroatoms. The Morgan fingerprint density at radius 1 is 1.47 bits per heavy atom. The zero-order chi connectivity index (χ0) is 13.1. The molecule has 1 N–H and O–H groups in total. The third kappa shape index (κ3) is 3.59. The van der Waals surface area contributed by atoms with E-state index in [2.05, 4.69) is 5.32 Å². The Hall–Kier alpha value is -0.780. The fourth-order valence-corrected chi connectivity index (χ4v) is 2.20. The Bertz CT molecular complexity index is 272. The Morgan fingerprint density at radius 3 is 2.53 bits per heavy atom. The van der Waals surface area contributed by atoms with Gasteiger partial charge in [0, 0.05) is 13.6 Å². The lowest BCUT2D eigenvalue weighted by Gasteiger charge is -2.32. The number of alkyl halides is 3. The maximum absolute atomic E-state index is 12.1. The predicted molar refractivity (Wildman–Crippen MR) is 58.6 cm³/mol. The molecule has 17 heavy (non-hydrogen) atoms. The van der Waals surface area contributed by atoms with E-state index in [1.807, 2.05) is 6.92 Å². The summed E-state index contributed by atoms with van der Waals surface area (Å²) in [6, 6.07) is 0. The molecule has 0 aromatic carbocycles. The number of hydrogen-bond acceptors (Lipinski definition) is 2. The summed E-state index contributed by atoms with van der Waals surface area (Å²) in [5, 5.41) is 3.13. The Labute approximate surface area is 99.4 Å². The summed E-state index contributed by atoms with van der Waals surface area (Å²) < 4.78 is 36.2. The predicted octanol–water partition coefficient (Wildman–Crippen LogP) is 1.93. The molecule has 1 heterocycles. The van der Waals surface area contributed by atoms with Gasteiger partial charge in [-0.05, 0) is 25.8 Å². The van der Waals surface area contributed by atoms with E-state index in [1.54, 1.807) is 0 Å². The molecule has 100 valence electrons. The van der Waals surface area contributed by atoms with Gasteiger partial charge in [-0.25, -0.2) is 0 Å². The summed E-state index contributed by atoms with van der Waals surface area (Å²) in [7, 11) is 1.44. The summed E-state index contributed by atoms with van der Waals surface area (Å²) in [6.07, 6.45) is -2.94. The van der Waals surface area contributed by atoms with Crippen LogP contribution in [0.2, 0.25) is 0 Å². The molecule has 1 aliphatic heterocycles. The number of amides is 1. The Kier molecular flexibility index (Phi) is 4.41. The van der Waals surface area contributed by atoms with Gasteiger partial charge in [0.25, 0.3) is 0 Å². The van der Waals surface area contributed by atoms with Crippen molar-refractivity contribution in [3.05, 3.63) is 0 Å². The molecule has 0 radical (unpaired) electrons. The van der Waals surface area contributed by atoms with Crippen LogP contribution in [-0.2, 0) is 4.79 Å². The molecule has 0 bridgehead atoms. The van der Waals surface area contributed by atoms with E-state index in [0.717, 1.165) is 13.0 Å². The first-order valence-electron chi connectivity index (χ1n) is 5.88. The third-order valence-corrected chi connectivity index (χ3v) is 3.33. The lowest BCUT2D eigenvalue weighted by atomic mass is 9.92. The fourth-order valence-electron chi connectivity index (χ4n) is 2.20. The molecular formula is C11H19F3N2O. The van der Waals surface area contributed by atoms with E-state index in [4.69, 9.17) is 0 Å². The van der Waals surface area contributed by atoms with Crippen molar-refractivity contribution < 1.29 is 18.0 Å². The van der Waals surface area contributed by atoms with E-state index >= 15 is 0 Å². The third-order valence-electron chi connectivity index (χ3n) is 3.33. The summed E-state index contributed by atoms with van der Waals surface area (Å²) in [5.41, 5.74) is -0.639. The molecule has 1 atom stereocenters. The molecule has 0 saturated carbocycles. The number of carbonyl (C=O) groups is 1. The summed E-state index contributed by atoms with van der Waals surface area (Å²) >= 11 is 0. The standard InChI is InChI=1S/C11H19F3N2O/c1-3-10(5-4-7-15-10)9(17)16(2)8-6-11(12,13)14/h15H,3-8H2,1-2H3. The second kappa shape index (κ2) is 5.25. The molecule has 0 aromatic rings. The molecule has 1 fully saturated rings. The zero-order valence-corrected chi connectivity index (χ0v) is 10.2. The lowest BCUT2D eigenvalue weighted by molar-refractivity contribution is -0.147. The van der Waals surface area contributed by atoms with Crippen molar-refractivity contribution in [2.45, 2.75) is 44.3 Å². The molecule has 0 spiro atoms. The van der Waals surface area contributed by atoms with Gasteiger partial charge in [-0.1, -0.05) is 6.92 Å².